The van der Waals surface area contributed by atoms with E-state index in [0.717, 1.165) is 0 Å². The number of hydrogen-bond acceptors (Lipinski definition) is 6. The van der Waals surface area contributed by atoms with Crippen LogP contribution in [0.3, 0.4) is 0 Å². The van der Waals surface area contributed by atoms with Crippen LogP contribution >= 0.6 is 0 Å². The predicted molar refractivity (Wildman–Crippen MR) is 103 cm³/mol. The molecule has 1 aromatic carbocycles. The van der Waals surface area contributed by atoms with E-state index < -0.39 is 11.9 Å². The summed E-state index contributed by atoms with van der Waals surface area (Å²) in [7, 11) is 1.52. The lowest BCUT2D eigenvalue weighted by atomic mass is 9.96. The number of anilines is 1. The minimum atomic E-state index is -0.638. The lowest BCUT2D eigenvalue weighted by molar-refractivity contribution is -0.155. The van der Waals surface area contributed by atoms with E-state index in [1.54, 1.807) is 29.2 Å². The van der Waals surface area contributed by atoms with E-state index in [-0.39, 0.29) is 43.2 Å². The number of piperidine rings is 1. The van der Waals surface area contributed by atoms with Crippen LogP contribution in [0.25, 0.3) is 0 Å². The number of benzene rings is 1. The van der Waals surface area contributed by atoms with Gasteiger partial charge in [0.2, 0.25) is 11.8 Å². The van der Waals surface area contributed by atoms with Gasteiger partial charge in [0.25, 0.3) is 5.91 Å². The second-order valence-electron chi connectivity index (χ2n) is 7.24. The van der Waals surface area contributed by atoms with Crippen LogP contribution in [0.1, 0.15) is 19.3 Å². The highest BCUT2D eigenvalue weighted by Gasteiger charge is 2.37. The Labute approximate surface area is 168 Å². The van der Waals surface area contributed by atoms with Crippen molar-refractivity contribution < 1.29 is 28.7 Å². The lowest BCUT2D eigenvalue weighted by Gasteiger charge is -2.30. The number of esters is 1. The topological polar surface area (TPSA) is 119 Å². The summed E-state index contributed by atoms with van der Waals surface area (Å²) in [4.78, 5) is 51.3. The van der Waals surface area contributed by atoms with Crippen LogP contribution in [0.5, 0.6) is 5.75 Å². The average molecular weight is 403 g/mol. The molecule has 0 saturated carbocycles. The summed E-state index contributed by atoms with van der Waals surface area (Å²) < 4.78 is 10.5. The molecule has 0 unspecified atom stereocenters. The molecule has 2 saturated heterocycles. The Morgan fingerprint density at radius 2 is 1.83 bits per heavy atom. The standard InChI is InChI=1S/C20H25N3O6/c1-28-16-5-3-2-4-15(16)23-11-14(10-17(23)24)20(27)29-12-18(25)22-8-6-13(7-9-22)19(21)26/h2-5,13-14H,6-12H2,1H3,(H2,21,26)/t14-/m0/s1. The van der Waals surface area contributed by atoms with E-state index in [0.29, 0.717) is 37.4 Å². The van der Waals surface area contributed by atoms with Crippen molar-refractivity contribution in [2.24, 2.45) is 17.6 Å². The normalized spacial score (nSPS) is 19.9. The van der Waals surface area contributed by atoms with Crippen molar-refractivity contribution in [3.05, 3.63) is 24.3 Å². The van der Waals surface area contributed by atoms with Crippen LogP contribution < -0.4 is 15.4 Å². The van der Waals surface area contributed by atoms with Gasteiger partial charge >= 0.3 is 5.97 Å². The number of nitrogens with zero attached hydrogens (tertiary/aromatic N) is 2. The van der Waals surface area contributed by atoms with Crippen molar-refractivity contribution in [1.82, 2.24) is 4.90 Å². The molecule has 0 bridgehead atoms. The Morgan fingerprint density at radius 1 is 1.14 bits per heavy atom. The maximum Gasteiger partial charge on any atom is 0.311 e. The van der Waals surface area contributed by atoms with Crippen LogP contribution in [0, 0.1) is 11.8 Å². The van der Waals surface area contributed by atoms with Crippen molar-refractivity contribution in [2.45, 2.75) is 19.3 Å². The molecular formula is C20H25N3O6. The van der Waals surface area contributed by atoms with Gasteiger partial charge < -0.3 is 25.0 Å². The highest BCUT2D eigenvalue weighted by Crippen LogP contribution is 2.33. The molecule has 2 aliphatic rings. The van der Waals surface area contributed by atoms with Gasteiger partial charge in [-0.1, -0.05) is 12.1 Å². The zero-order valence-electron chi connectivity index (χ0n) is 16.3. The molecule has 2 fully saturated rings. The number of carbonyl (C=O) groups excluding carboxylic acids is 4. The molecule has 9 nitrogen and oxygen atoms in total. The number of likely N-dealkylation sites (tertiary alicyclic amines) is 1. The molecule has 3 amide bonds. The van der Waals surface area contributed by atoms with Gasteiger partial charge in [-0.15, -0.1) is 0 Å². The third kappa shape index (κ3) is 4.67. The highest BCUT2D eigenvalue weighted by atomic mass is 16.5. The molecule has 1 aromatic rings. The first-order valence-electron chi connectivity index (χ1n) is 9.57. The van der Waals surface area contributed by atoms with E-state index in [1.807, 2.05) is 0 Å². The quantitative estimate of drug-likeness (QED) is 0.683. The first kappa shape index (κ1) is 20.6. The van der Waals surface area contributed by atoms with Crippen LogP contribution in [-0.2, 0) is 23.9 Å². The Morgan fingerprint density at radius 3 is 2.48 bits per heavy atom. The second-order valence-corrected chi connectivity index (χ2v) is 7.24. The molecule has 0 radical (unpaired) electrons. The zero-order chi connectivity index (χ0) is 21.0. The van der Waals surface area contributed by atoms with E-state index in [9.17, 15) is 19.2 Å². The molecule has 9 heteroatoms. The number of carbonyl (C=O) groups is 4. The fourth-order valence-corrected chi connectivity index (χ4v) is 3.71. The number of ether oxygens (including phenoxy) is 2. The summed E-state index contributed by atoms with van der Waals surface area (Å²) in [5, 5.41) is 0. The SMILES string of the molecule is COc1ccccc1N1C[C@@H](C(=O)OCC(=O)N2CCC(C(N)=O)CC2)CC1=O. The molecule has 3 rings (SSSR count). The maximum absolute atomic E-state index is 12.4. The number of methoxy groups -OCH3 is 1. The molecule has 2 aliphatic heterocycles. The Hall–Kier alpha value is -3.10. The Balaban J connectivity index is 1.51. The lowest BCUT2D eigenvalue weighted by Crippen LogP contribution is -2.43. The minimum Gasteiger partial charge on any atom is -0.495 e. The van der Waals surface area contributed by atoms with Gasteiger partial charge in [0.05, 0.1) is 18.7 Å². The van der Waals surface area contributed by atoms with Gasteiger partial charge in [-0.2, -0.15) is 0 Å². The van der Waals surface area contributed by atoms with Gasteiger partial charge in [-0.25, -0.2) is 0 Å². The summed E-state index contributed by atoms with van der Waals surface area (Å²) in [5.41, 5.74) is 5.89. The van der Waals surface area contributed by atoms with Gasteiger partial charge in [0, 0.05) is 32.0 Å². The summed E-state index contributed by atoms with van der Waals surface area (Å²) in [6.45, 7) is 0.622. The third-order valence-corrected chi connectivity index (χ3v) is 5.42. The summed E-state index contributed by atoms with van der Waals surface area (Å²) >= 11 is 0. The van der Waals surface area contributed by atoms with E-state index in [4.69, 9.17) is 15.2 Å². The fourth-order valence-electron chi connectivity index (χ4n) is 3.71. The van der Waals surface area contributed by atoms with Crippen molar-refractivity contribution >= 4 is 29.4 Å². The van der Waals surface area contributed by atoms with Crippen LogP contribution in [-0.4, -0.2) is 61.9 Å². The number of amides is 3. The molecular weight excluding hydrogens is 378 g/mol. The summed E-state index contributed by atoms with van der Waals surface area (Å²) in [6.07, 6.45) is 1.05. The molecule has 2 heterocycles. The summed E-state index contributed by atoms with van der Waals surface area (Å²) in [5.74, 6) is -1.74. The summed E-state index contributed by atoms with van der Waals surface area (Å²) in [6, 6.07) is 7.08. The second kappa shape index (κ2) is 8.93. The van der Waals surface area contributed by atoms with Crippen molar-refractivity contribution in [3.63, 3.8) is 0 Å². The number of primary amides is 1. The third-order valence-electron chi connectivity index (χ3n) is 5.42. The van der Waals surface area contributed by atoms with Crippen molar-refractivity contribution in [3.8, 4) is 5.75 Å². The van der Waals surface area contributed by atoms with Crippen LogP contribution in [0.4, 0.5) is 5.69 Å². The molecule has 0 spiro atoms. The molecule has 156 valence electrons. The van der Waals surface area contributed by atoms with Crippen LogP contribution in [0.15, 0.2) is 24.3 Å². The van der Waals surface area contributed by atoms with E-state index >= 15 is 0 Å². The first-order valence-corrected chi connectivity index (χ1v) is 9.57. The first-order chi connectivity index (χ1) is 13.9. The monoisotopic (exact) mass is 403 g/mol. The van der Waals surface area contributed by atoms with Crippen molar-refractivity contribution in [1.29, 1.82) is 0 Å². The van der Waals surface area contributed by atoms with Crippen molar-refractivity contribution in [2.75, 3.05) is 38.3 Å². The van der Waals surface area contributed by atoms with Crippen LogP contribution in [0.2, 0.25) is 0 Å². The highest BCUT2D eigenvalue weighted by molar-refractivity contribution is 6.00. The van der Waals surface area contributed by atoms with Gasteiger partial charge in [-0.3, -0.25) is 19.2 Å². The molecule has 29 heavy (non-hydrogen) atoms. The molecule has 1 atom stereocenters. The van der Waals surface area contributed by atoms with Gasteiger partial charge in [0.15, 0.2) is 6.61 Å². The van der Waals surface area contributed by atoms with E-state index in [1.165, 1.54) is 12.0 Å². The molecule has 0 aromatic heterocycles. The van der Waals surface area contributed by atoms with Gasteiger partial charge in [0.1, 0.15) is 5.75 Å². The number of hydrogen-bond donors (Lipinski definition) is 1. The fraction of sp³-hybridized carbons (Fsp3) is 0.500. The molecule has 0 aliphatic carbocycles. The number of para-hydroxylation sites is 2. The minimum absolute atomic E-state index is 0.0229. The number of rotatable bonds is 6. The zero-order valence-corrected chi connectivity index (χ0v) is 16.3. The largest absolute Gasteiger partial charge is 0.495 e. The maximum atomic E-state index is 12.4. The smallest absolute Gasteiger partial charge is 0.311 e. The number of nitrogens with two attached hydrogens (primary N) is 1. The van der Waals surface area contributed by atoms with Gasteiger partial charge in [-0.05, 0) is 25.0 Å². The predicted octanol–water partition coefficient (Wildman–Crippen LogP) is 0.315. The van der Waals surface area contributed by atoms with E-state index in [2.05, 4.69) is 0 Å². The molecule has 2 N–H and O–H groups in total. The Bertz CT molecular complexity index is 803. The average Bonchev–Trinajstić information content (AvgIpc) is 3.13. The Kier molecular flexibility index (Phi) is 6.36.